The lowest BCUT2D eigenvalue weighted by atomic mass is 9.99. The molecule has 0 unspecified atom stereocenters. The molecule has 0 saturated carbocycles. The number of furan rings is 1. The van der Waals surface area contributed by atoms with Gasteiger partial charge < -0.3 is 4.42 Å². The number of nitrogens with zero attached hydrogens (tertiary/aromatic N) is 1. The van der Waals surface area contributed by atoms with Gasteiger partial charge in [-0.2, -0.15) is 0 Å². The fourth-order valence-corrected chi connectivity index (χ4v) is 2.75. The molecule has 4 heteroatoms. The zero-order valence-corrected chi connectivity index (χ0v) is 12.4. The second kappa shape index (κ2) is 5.48. The first-order chi connectivity index (χ1) is 10.8. The summed E-state index contributed by atoms with van der Waals surface area (Å²) in [6, 6.07) is 14.7. The number of nitro benzene ring substituents is 1. The van der Waals surface area contributed by atoms with Gasteiger partial charge in [-0.1, -0.05) is 44.2 Å². The van der Waals surface area contributed by atoms with E-state index in [0.29, 0.717) is 5.39 Å². The summed E-state index contributed by atoms with van der Waals surface area (Å²) in [6.45, 7) is 4.00. The van der Waals surface area contributed by atoms with Crippen molar-refractivity contribution in [1.29, 1.82) is 0 Å². The van der Waals surface area contributed by atoms with Gasteiger partial charge in [-0.15, -0.1) is 0 Å². The van der Waals surface area contributed by atoms with Gasteiger partial charge in [0.2, 0.25) is 0 Å². The molecular formula is C18H15NO3. The van der Waals surface area contributed by atoms with Gasteiger partial charge >= 0.3 is 0 Å². The zero-order valence-electron chi connectivity index (χ0n) is 12.4. The molecule has 1 heterocycles. The molecule has 0 saturated heterocycles. The average molecular weight is 293 g/mol. The molecule has 0 bridgehead atoms. The lowest BCUT2D eigenvalue weighted by Crippen LogP contribution is -1.90. The molecule has 0 radical (unpaired) electrons. The van der Waals surface area contributed by atoms with Crippen LogP contribution in [0, 0.1) is 10.1 Å². The maximum atomic E-state index is 11.3. The second-order valence-corrected chi connectivity index (χ2v) is 4.70. The van der Waals surface area contributed by atoms with E-state index in [0.717, 1.165) is 27.1 Å². The first-order valence-electron chi connectivity index (χ1n) is 7.22. The number of nitro groups is 1. The van der Waals surface area contributed by atoms with Crippen molar-refractivity contribution < 1.29 is 9.34 Å². The Morgan fingerprint density at radius 3 is 2.41 bits per heavy atom. The number of non-ortho nitro benzene ring substituents is 1. The molecule has 0 aliphatic rings. The maximum absolute atomic E-state index is 11.3. The lowest BCUT2D eigenvalue weighted by Gasteiger charge is -2.05. The van der Waals surface area contributed by atoms with E-state index in [9.17, 15) is 10.1 Å². The molecule has 0 amide bonds. The monoisotopic (exact) mass is 293 g/mol. The summed E-state index contributed by atoms with van der Waals surface area (Å²) in [4.78, 5) is 10.9. The van der Waals surface area contributed by atoms with Crippen molar-refractivity contribution >= 4 is 38.2 Å². The quantitative estimate of drug-likeness (QED) is 0.258. The molecule has 0 fully saturated rings. The van der Waals surface area contributed by atoms with Gasteiger partial charge in [-0.3, -0.25) is 10.1 Å². The molecule has 0 atom stereocenters. The molecular weight excluding hydrogens is 278 g/mol. The molecule has 4 nitrogen and oxygen atoms in total. The Morgan fingerprint density at radius 1 is 0.909 bits per heavy atom. The molecule has 22 heavy (non-hydrogen) atoms. The van der Waals surface area contributed by atoms with Crippen LogP contribution in [0.25, 0.3) is 32.5 Å². The van der Waals surface area contributed by atoms with Crippen LogP contribution in [0.3, 0.4) is 0 Å². The van der Waals surface area contributed by atoms with Crippen molar-refractivity contribution in [2.45, 2.75) is 13.8 Å². The number of hydrogen-bond acceptors (Lipinski definition) is 3. The van der Waals surface area contributed by atoms with Gasteiger partial charge in [-0.05, 0) is 17.5 Å². The minimum atomic E-state index is -0.339. The Hall–Kier alpha value is -2.88. The van der Waals surface area contributed by atoms with Gasteiger partial charge in [0.1, 0.15) is 5.58 Å². The molecule has 0 aliphatic heterocycles. The third-order valence-corrected chi connectivity index (χ3v) is 3.63. The molecule has 0 aliphatic carbocycles. The van der Waals surface area contributed by atoms with Crippen LogP contribution in [0.15, 0.2) is 59.2 Å². The molecule has 0 spiro atoms. The van der Waals surface area contributed by atoms with Crippen molar-refractivity contribution in [3.05, 3.63) is 64.9 Å². The smallest absolute Gasteiger partial charge is 0.277 e. The third-order valence-electron chi connectivity index (χ3n) is 3.63. The summed E-state index contributed by atoms with van der Waals surface area (Å²) in [5.41, 5.74) is 0.890. The molecule has 4 aromatic rings. The summed E-state index contributed by atoms with van der Waals surface area (Å²) in [5.74, 6) is 0. The number of benzene rings is 3. The Balaban J connectivity index is 0.000000693. The van der Waals surface area contributed by atoms with Crippen molar-refractivity contribution in [2.75, 3.05) is 0 Å². The van der Waals surface area contributed by atoms with Crippen LogP contribution < -0.4 is 0 Å². The van der Waals surface area contributed by atoms with Crippen molar-refractivity contribution in [3.8, 4) is 0 Å². The number of fused-ring (bicyclic) bond motifs is 5. The van der Waals surface area contributed by atoms with Crippen LogP contribution in [-0.2, 0) is 0 Å². The van der Waals surface area contributed by atoms with Crippen LogP contribution in [-0.4, -0.2) is 4.92 Å². The molecule has 3 aromatic carbocycles. The van der Waals surface area contributed by atoms with Gasteiger partial charge in [0.25, 0.3) is 5.69 Å². The normalized spacial score (nSPS) is 10.6. The molecule has 4 rings (SSSR count). The zero-order chi connectivity index (χ0) is 15.7. The Kier molecular flexibility index (Phi) is 3.51. The number of hydrogen-bond donors (Lipinski definition) is 0. The van der Waals surface area contributed by atoms with E-state index in [1.807, 2.05) is 50.2 Å². The summed E-state index contributed by atoms with van der Waals surface area (Å²) >= 11 is 0. The van der Waals surface area contributed by atoms with Crippen molar-refractivity contribution in [1.82, 2.24) is 0 Å². The maximum Gasteiger partial charge on any atom is 0.277 e. The third kappa shape index (κ3) is 2.00. The first-order valence-corrected chi connectivity index (χ1v) is 7.22. The van der Waals surface area contributed by atoms with Crippen molar-refractivity contribution in [2.24, 2.45) is 0 Å². The topological polar surface area (TPSA) is 56.3 Å². The van der Waals surface area contributed by atoms with E-state index in [-0.39, 0.29) is 10.6 Å². The van der Waals surface area contributed by atoms with Crippen LogP contribution in [0.2, 0.25) is 0 Å². The average Bonchev–Trinajstić information content (AvgIpc) is 3.04. The van der Waals surface area contributed by atoms with E-state index in [1.165, 1.54) is 6.07 Å². The summed E-state index contributed by atoms with van der Waals surface area (Å²) in [5, 5.41) is 15.5. The number of rotatable bonds is 1. The molecule has 0 N–H and O–H groups in total. The molecule has 1 aromatic heterocycles. The highest BCUT2D eigenvalue weighted by molar-refractivity contribution is 6.18. The van der Waals surface area contributed by atoms with Crippen LogP contribution in [0.4, 0.5) is 5.69 Å². The highest BCUT2D eigenvalue weighted by atomic mass is 16.6. The minimum absolute atomic E-state index is 0.124. The van der Waals surface area contributed by atoms with Gasteiger partial charge in [-0.25, -0.2) is 0 Å². The summed E-state index contributed by atoms with van der Waals surface area (Å²) in [6.07, 6.45) is 1.63. The van der Waals surface area contributed by atoms with Gasteiger partial charge in [0.05, 0.1) is 16.6 Å². The fraction of sp³-hybridized carbons (Fsp3) is 0.111. The van der Waals surface area contributed by atoms with Gasteiger partial charge in [0, 0.05) is 22.2 Å². The Labute approximate surface area is 127 Å². The van der Waals surface area contributed by atoms with E-state index in [2.05, 4.69) is 0 Å². The predicted octanol–water partition coefficient (Wildman–Crippen LogP) is 5.67. The second-order valence-electron chi connectivity index (χ2n) is 4.70. The first kappa shape index (κ1) is 14.1. The SMILES string of the molecule is CC.O=[N+]([O-])c1cccc2ccc3c(ccc4ccoc43)c12. The fourth-order valence-electron chi connectivity index (χ4n) is 2.75. The van der Waals surface area contributed by atoms with Crippen LogP contribution in [0.5, 0.6) is 0 Å². The van der Waals surface area contributed by atoms with Gasteiger partial charge in [0.15, 0.2) is 0 Å². The van der Waals surface area contributed by atoms with E-state index in [4.69, 9.17) is 4.42 Å². The molecule has 110 valence electrons. The minimum Gasteiger partial charge on any atom is -0.464 e. The van der Waals surface area contributed by atoms with Crippen LogP contribution >= 0.6 is 0 Å². The lowest BCUT2D eigenvalue weighted by molar-refractivity contribution is -0.383. The summed E-state index contributed by atoms with van der Waals surface area (Å²) < 4.78 is 5.51. The standard InChI is InChI=1S/C16H9NO3.C2H6/c18-17(19)14-3-1-2-10-4-7-13-12(15(10)14)6-5-11-8-9-20-16(11)13;1-2/h1-9H;1-2H3. The Bertz CT molecular complexity index is 986. The Morgan fingerprint density at radius 2 is 1.64 bits per heavy atom. The summed E-state index contributed by atoms with van der Waals surface area (Å²) in [7, 11) is 0. The van der Waals surface area contributed by atoms with E-state index < -0.39 is 0 Å². The largest absolute Gasteiger partial charge is 0.464 e. The van der Waals surface area contributed by atoms with E-state index >= 15 is 0 Å². The predicted molar refractivity (Wildman–Crippen MR) is 89.2 cm³/mol. The highest BCUT2D eigenvalue weighted by Gasteiger charge is 2.15. The van der Waals surface area contributed by atoms with Crippen molar-refractivity contribution in [3.63, 3.8) is 0 Å². The van der Waals surface area contributed by atoms with Crippen LogP contribution in [0.1, 0.15) is 13.8 Å². The van der Waals surface area contributed by atoms with E-state index in [1.54, 1.807) is 12.3 Å². The highest BCUT2D eigenvalue weighted by Crippen LogP contribution is 2.36.